The van der Waals surface area contributed by atoms with E-state index in [0.717, 1.165) is 6.07 Å². The lowest BCUT2D eigenvalue weighted by molar-refractivity contribution is -0.137. The molecule has 2 N–H and O–H groups in total. The minimum absolute atomic E-state index is 0.152. The lowest BCUT2D eigenvalue weighted by Gasteiger charge is -2.10. The maximum atomic E-state index is 12.4. The van der Waals surface area contributed by atoms with E-state index in [1.807, 2.05) is 5.32 Å². The maximum absolute atomic E-state index is 12.4. The number of nitriles is 1. The largest absolute Gasteiger partial charge is 0.416 e. The number of benzene rings is 1. The van der Waals surface area contributed by atoms with E-state index in [1.165, 1.54) is 6.07 Å². The summed E-state index contributed by atoms with van der Waals surface area (Å²) in [4.78, 5) is 22.1. The van der Waals surface area contributed by atoms with Crippen molar-refractivity contribution < 1.29 is 22.8 Å². The highest BCUT2D eigenvalue weighted by Crippen LogP contribution is 2.31. The Morgan fingerprint density at radius 3 is 2.50 bits per heavy atom. The van der Waals surface area contributed by atoms with Crippen LogP contribution in [0.4, 0.5) is 23.7 Å². The molecule has 0 aliphatic heterocycles. The van der Waals surface area contributed by atoms with E-state index in [0.29, 0.717) is 12.1 Å². The second kappa shape index (κ2) is 6.25. The summed E-state index contributed by atoms with van der Waals surface area (Å²) in [6, 6.07) is 2.76. The summed E-state index contributed by atoms with van der Waals surface area (Å²) in [6.45, 7) is 0. The molecule has 0 saturated heterocycles. The maximum Gasteiger partial charge on any atom is 0.416 e. The highest BCUT2D eigenvalue weighted by Gasteiger charge is 2.31. The number of rotatable bonds is 2. The molecule has 20 heavy (non-hydrogen) atoms. The molecule has 9 heteroatoms. The van der Waals surface area contributed by atoms with E-state index >= 15 is 0 Å². The average Bonchev–Trinajstić information content (AvgIpc) is 2.37. The Kier molecular flexibility index (Phi) is 4.94. The van der Waals surface area contributed by atoms with Crippen LogP contribution in [-0.4, -0.2) is 17.8 Å². The van der Waals surface area contributed by atoms with Crippen molar-refractivity contribution in [3.8, 4) is 6.07 Å². The summed E-state index contributed by atoms with van der Waals surface area (Å²) >= 11 is 5.16. The molecule has 106 valence electrons. The van der Waals surface area contributed by atoms with Gasteiger partial charge in [-0.25, -0.2) is 4.79 Å². The Labute approximate surface area is 116 Å². The van der Waals surface area contributed by atoms with Crippen LogP contribution in [0, 0.1) is 11.3 Å². The molecule has 0 bridgehead atoms. The van der Waals surface area contributed by atoms with Gasteiger partial charge in [-0.05, 0) is 18.2 Å². The highest BCUT2D eigenvalue weighted by atomic mass is 35.5. The molecule has 1 aromatic rings. The van der Waals surface area contributed by atoms with Crippen LogP contribution in [0.1, 0.15) is 11.1 Å². The number of nitrogens with one attached hydrogen (secondary N) is 2. The third-order valence-electron chi connectivity index (χ3n) is 2.09. The van der Waals surface area contributed by atoms with Crippen molar-refractivity contribution in [2.75, 3.05) is 11.2 Å². The van der Waals surface area contributed by atoms with Crippen LogP contribution in [0.5, 0.6) is 0 Å². The molecule has 0 spiro atoms. The molecular formula is C11H7ClF3N3O2. The van der Waals surface area contributed by atoms with Gasteiger partial charge in [0.05, 0.1) is 16.8 Å². The van der Waals surface area contributed by atoms with E-state index in [1.54, 1.807) is 0 Å². The number of imide groups is 1. The molecular weight excluding hydrogens is 299 g/mol. The molecule has 0 heterocycles. The van der Waals surface area contributed by atoms with Crippen molar-refractivity contribution in [3.05, 3.63) is 29.3 Å². The average molecular weight is 306 g/mol. The third-order valence-corrected chi connectivity index (χ3v) is 2.33. The topological polar surface area (TPSA) is 82.0 Å². The number of carbonyl (C=O) groups is 2. The predicted molar refractivity (Wildman–Crippen MR) is 64.0 cm³/mol. The van der Waals surface area contributed by atoms with Crippen molar-refractivity contribution in [3.63, 3.8) is 0 Å². The summed E-state index contributed by atoms with van der Waals surface area (Å²) in [5.41, 5.74) is -1.55. The molecule has 0 unspecified atom stereocenters. The van der Waals surface area contributed by atoms with Gasteiger partial charge >= 0.3 is 12.2 Å². The Hall–Kier alpha value is -2.27. The first-order valence-corrected chi connectivity index (χ1v) is 5.59. The zero-order chi connectivity index (χ0) is 15.3. The van der Waals surface area contributed by atoms with Crippen LogP contribution in [0.3, 0.4) is 0 Å². The highest BCUT2D eigenvalue weighted by molar-refractivity contribution is 6.28. The molecule has 0 saturated carbocycles. The first-order chi connectivity index (χ1) is 9.27. The zero-order valence-corrected chi connectivity index (χ0v) is 10.5. The van der Waals surface area contributed by atoms with Crippen LogP contribution >= 0.6 is 11.6 Å². The van der Waals surface area contributed by atoms with Crippen LogP contribution in [-0.2, 0) is 11.0 Å². The van der Waals surface area contributed by atoms with Gasteiger partial charge in [-0.15, -0.1) is 11.6 Å². The fourth-order valence-corrected chi connectivity index (χ4v) is 1.30. The number of hydrogen-bond acceptors (Lipinski definition) is 3. The normalized spacial score (nSPS) is 10.6. The fraction of sp³-hybridized carbons (Fsp3) is 0.182. The fourth-order valence-electron chi connectivity index (χ4n) is 1.24. The number of urea groups is 1. The summed E-state index contributed by atoms with van der Waals surface area (Å²) in [5, 5.41) is 12.7. The predicted octanol–water partition coefficient (Wildman–Crippen LogP) is 2.46. The van der Waals surface area contributed by atoms with Gasteiger partial charge in [0.15, 0.2) is 0 Å². The number of carbonyl (C=O) groups excluding carboxylic acids is 2. The van der Waals surface area contributed by atoms with Gasteiger partial charge in [-0.2, -0.15) is 18.4 Å². The monoisotopic (exact) mass is 305 g/mol. The zero-order valence-electron chi connectivity index (χ0n) is 9.71. The summed E-state index contributed by atoms with van der Waals surface area (Å²) < 4.78 is 37.3. The molecule has 3 amide bonds. The van der Waals surface area contributed by atoms with Gasteiger partial charge in [0.1, 0.15) is 11.9 Å². The van der Waals surface area contributed by atoms with Gasteiger partial charge < -0.3 is 5.32 Å². The van der Waals surface area contributed by atoms with Crippen molar-refractivity contribution >= 4 is 29.2 Å². The van der Waals surface area contributed by atoms with Gasteiger partial charge in [0.2, 0.25) is 5.91 Å². The molecule has 0 radical (unpaired) electrons. The molecule has 1 aromatic carbocycles. The van der Waals surface area contributed by atoms with Gasteiger partial charge in [-0.1, -0.05) is 0 Å². The summed E-state index contributed by atoms with van der Waals surface area (Å²) in [5.74, 6) is -1.24. The van der Waals surface area contributed by atoms with Crippen molar-refractivity contribution in [1.82, 2.24) is 5.32 Å². The van der Waals surface area contributed by atoms with Crippen LogP contribution in [0.2, 0.25) is 0 Å². The Bertz CT molecular complexity index is 581. The van der Waals surface area contributed by atoms with Gasteiger partial charge in [0, 0.05) is 0 Å². The van der Waals surface area contributed by atoms with Gasteiger partial charge in [0.25, 0.3) is 0 Å². The molecule has 0 aliphatic rings. The minimum Gasteiger partial charge on any atom is -0.306 e. The van der Waals surface area contributed by atoms with Crippen molar-refractivity contribution in [1.29, 1.82) is 5.26 Å². The SMILES string of the molecule is N#Cc1cc(C(F)(F)F)ccc1NC(=O)NC(=O)CCl. The number of halogens is 4. The summed E-state index contributed by atoms with van der Waals surface area (Å²) in [7, 11) is 0. The Morgan fingerprint density at radius 2 is 2.00 bits per heavy atom. The molecule has 1 rings (SSSR count). The molecule has 0 aliphatic carbocycles. The van der Waals surface area contributed by atoms with Crippen LogP contribution in [0.15, 0.2) is 18.2 Å². The lowest BCUT2D eigenvalue weighted by Crippen LogP contribution is -2.35. The molecule has 0 fully saturated rings. The van der Waals surface area contributed by atoms with E-state index in [-0.39, 0.29) is 11.3 Å². The number of nitrogens with zero attached hydrogens (tertiary/aromatic N) is 1. The number of amides is 3. The Balaban J connectivity index is 2.95. The van der Waals surface area contributed by atoms with Crippen molar-refractivity contribution in [2.24, 2.45) is 0 Å². The summed E-state index contributed by atoms with van der Waals surface area (Å²) in [6.07, 6.45) is -4.60. The molecule has 0 atom stereocenters. The van der Waals surface area contributed by atoms with Crippen LogP contribution in [0.25, 0.3) is 0 Å². The standard InChI is InChI=1S/C11H7ClF3N3O2/c12-4-9(19)18-10(20)17-8-2-1-7(11(13,14)15)3-6(8)5-16/h1-3H,4H2,(H2,17,18,19,20). The minimum atomic E-state index is -4.60. The van der Waals surface area contributed by atoms with E-state index in [2.05, 4.69) is 5.32 Å². The lowest BCUT2D eigenvalue weighted by atomic mass is 10.1. The Morgan fingerprint density at radius 1 is 1.35 bits per heavy atom. The van der Waals surface area contributed by atoms with Crippen molar-refractivity contribution in [2.45, 2.75) is 6.18 Å². The first kappa shape index (κ1) is 15.8. The number of anilines is 1. The first-order valence-electron chi connectivity index (χ1n) is 5.06. The third kappa shape index (κ3) is 4.13. The van der Waals surface area contributed by atoms with Crippen LogP contribution < -0.4 is 10.6 Å². The quantitative estimate of drug-likeness (QED) is 0.823. The molecule has 5 nitrogen and oxygen atoms in total. The van der Waals surface area contributed by atoms with E-state index < -0.39 is 29.6 Å². The van der Waals surface area contributed by atoms with E-state index in [4.69, 9.17) is 16.9 Å². The van der Waals surface area contributed by atoms with Gasteiger partial charge in [-0.3, -0.25) is 10.1 Å². The second-order valence-electron chi connectivity index (χ2n) is 3.51. The van der Waals surface area contributed by atoms with E-state index in [9.17, 15) is 22.8 Å². The molecule has 0 aromatic heterocycles. The second-order valence-corrected chi connectivity index (χ2v) is 3.77. The smallest absolute Gasteiger partial charge is 0.306 e. The number of hydrogen-bond donors (Lipinski definition) is 2. The number of alkyl halides is 4.